The van der Waals surface area contributed by atoms with Crippen LogP contribution < -0.4 is 9.47 Å². The minimum Gasteiger partial charge on any atom is -0.493 e. The summed E-state index contributed by atoms with van der Waals surface area (Å²) in [6, 6.07) is 5.54. The minimum absolute atomic E-state index is 0.128. The summed E-state index contributed by atoms with van der Waals surface area (Å²) in [6.07, 6.45) is 1.79. The smallest absolute Gasteiger partial charge is 0.311 e. The molecule has 1 aromatic carbocycles. The summed E-state index contributed by atoms with van der Waals surface area (Å²) in [5.74, 6) is 0.925. The van der Waals surface area contributed by atoms with E-state index in [1.165, 1.54) is 7.11 Å². The molecule has 0 amide bonds. The van der Waals surface area contributed by atoms with Gasteiger partial charge in [-0.1, -0.05) is 0 Å². The number of carbonyl (C=O) groups excluding carboxylic acids is 1. The highest BCUT2D eigenvalue weighted by Crippen LogP contribution is 2.33. The van der Waals surface area contributed by atoms with Crippen LogP contribution in [0, 0.1) is 0 Å². The molecule has 0 radical (unpaired) electrons. The summed E-state index contributed by atoms with van der Waals surface area (Å²) in [5, 5.41) is 1.79. The van der Waals surface area contributed by atoms with Crippen LogP contribution in [-0.4, -0.2) is 32.3 Å². The lowest BCUT2D eigenvalue weighted by Gasteiger charge is -2.11. The predicted molar refractivity (Wildman–Crippen MR) is 70.6 cm³/mol. The van der Waals surface area contributed by atoms with Gasteiger partial charge in [-0.3, -0.25) is 9.78 Å². The van der Waals surface area contributed by atoms with Gasteiger partial charge in [-0.05, 0) is 23.6 Å². The molecule has 0 spiro atoms. The maximum atomic E-state index is 11.4. The Labute approximate surface area is 111 Å². The standard InChI is InChI=1S/C14H15NO4/c1-17-12-6-9-4-5-15-11(8-14(16)19-3)10(9)7-13(12)18-2/h4-7H,8H2,1-3H3. The second kappa shape index (κ2) is 5.56. The lowest BCUT2D eigenvalue weighted by molar-refractivity contribution is -0.139. The van der Waals surface area contributed by atoms with Gasteiger partial charge in [-0.2, -0.15) is 0 Å². The Morgan fingerprint density at radius 1 is 1.16 bits per heavy atom. The first-order valence-corrected chi connectivity index (χ1v) is 5.76. The van der Waals surface area contributed by atoms with Crippen molar-refractivity contribution in [2.75, 3.05) is 21.3 Å². The third-order valence-corrected chi connectivity index (χ3v) is 2.89. The molecule has 0 saturated carbocycles. The van der Waals surface area contributed by atoms with E-state index >= 15 is 0 Å². The molecule has 1 heterocycles. The third kappa shape index (κ3) is 2.59. The van der Waals surface area contributed by atoms with E-state index in [0.29, 0.717) is 17.2 Å². The van der Waals surface area contributed by atoms with E-state index in [4.69, 9.17) is 9.47 Å². The molecule has 5 nitrogen and oxygen atoms in total. The number of fused-ring (bicyclic) bond motifs is 1. The van der Waals surface area contributed by atoms with E-state index in [1.807, 2.05) is 18.2 Å². The molecule has 0 saturated heterocycles. The topological polar surface area (TPSA) is 57.7 Å². The van der Waals surface area contributed by atoms with Crippen molar-refractivity contribution in [2.24, 2.45) is 0 Å². The van der Waals surface area contributed by atoms with Crippen LogP contribution in [-0.2, 0) is 16.0 Å². The van der Waals surface area contributed by atoms with Crippen LogP contribution in [0.1, 0.15) is 5.69 Å². The van der Waals surface area contributed by atoms with Crippen LogP contribution in [0.25, 0.3) is 10.8 Å². The molecule has 2 rings (SSSR count). The second-order valence-electron chi connectivity index (χ2n) is 3.94. The van der Waals surface area contributed by atoms with Crippen LogP contribution in [0.2, 0.25) is 0 Å². The van der Waals surface area contributed by atoms with Crippen molar-refractivity contribution < 1.29 is 19.0 Å². The first-order valence-electron chi connectivity index (χ1n) is 5.76. The van der Waals surface area contributed by atoms with Gasteiger partial charge >= 0.3 is 5.97 Å². The van der Waals surface area contributed by atoms with Crippen LogP contribution >= 0.6 is 0 Å². The monoisotopic (exact) mass is 261 g/mol. The molecular weight excluding hydrogens is 246 g/mol. The number of methoxy groups -OCH3 is 3. The Balaban J connectivity index is 2.57. The van der Waals surface area contributed by atoms with Gasteiger partial charge in [-0.25, -0.2) is 0 Å². The summed E-state index contributed by atoms with van der Waals surface area (Å²) in [4.78, 5) is 15.6. The zero-order chi connectivity index (χ0) is 13.8. The predicted octanol–water partition coefficient (Wildman–Crippen LogP) is 1.97. The zero-order valence-corrected chi connectivity index (χ0v) is 11.1. The number of carbonyl (C=O) groups is 1. The molecule has 0 fully saturated rings. The molecule has 1 aromatic heterocycles. The number of rotatable bonds is 4. The number of esters is 1. The lowest BCUT2D eigenvalue weighted by atomic mass is 10.1. The van der Waals surface area contributed by atoms with Crippen molar-refractivity contribution in [1.82, 2.24) is 4.98 Å². The number of ether oxygens (including phenoxy) is 3. The largest absolute Gasteiger partial charge is 0.493 e. The SMILES string of the molecule is COC(=O)Cc1nccc2cc(OC)c(OC)cc12. The summed E-state index contributed by atoms with van der Waals surface area (Å²) < 4.78 is 15.2. The van der Waals surface area contributed by atoms with Gasteiger partial charge in [0.25, 0.3) is 0 Å². The Hall–Kier alpha value is -2.30. The van der Waals surface area contributed by atoms with Crippen LogP contribution in [0.15, 0.2) is 24.4 Å². The number of nitrogens with zero attached hydrogens (tertiary/aromatic N) is 1. The molecule has 100 valence electrons. The average Bonchev–Trinajstić information content (AvgIpc) is 2.45. The van der Waals surface area contributed by atoms with Gasteiger partial charge in [0.1, 0.15) is 0 Å². The fourth-order valence-electron chi connectivity index (χ4n) is 1.91. The summed E-state index contributed by atoms with van der Waals surface area (Å²) in [7, 11) is 4.51. The molecule has 0 N–H and O–H groups in total. The summed E-state index contributed by atoms with van der Waals surface area (Å²) >= 11 is 0. The maximum Gasteiger partial charge on any atom is 0.311 e. The molecule has 2 aromatic rings. The number of hydrogen-bond donors (Lipinski definition) is 0. The molecule has 0 aliphatic carbocycles. The molecule has 0 aliphatic rings. The van der Waals surface area contributed by atoms with Crippen molar-refractivity contribution in [3.8, 4) is 11.5 Å². The summed E-state index contributed by atoms with van der Waals surface area (Å²) in [6.45, 7) is 0. The highest BCUT2D eigenvalue weighted by Gasteiger charge is 2.12. The van der Waals surface area contributed by atoms with E-state index in [1.54, 1.807) is 20.4 Å². The van der Waals surface area contributed by atoms with E-state index < -0.39 is 0 Å². The highest BCUT2D eigenvalue weighted by atomic mass is 16.5. The third-order valence-electron chi connectivity index (χ3n) is 2.89. The van der Waals surface area contributed by atoms with Crippen molar-refractivity contribution in [3.05, 3.63) is 30.1 Å². The highest BCUT2D eigenvalue weighted by molar-refractivity contribution is 5.90. The van der Waals surface area contributed by atoms with Gasteiger partial charge in [0.05, 0.1) is 33.4 Å². The molecular formula is C14H15NO4. The minimum atomic E-state index is -0.324. The van der Waals surface area contributed by atoms with E-state index in [2.05, 4.69) is 9.72 Å². The van der Waals surface area contributed by atoms with Gasteiger partial charge in [-0.15, -0.1) is 0 Å². The Morgan fingerprint density at radius 3 is 2.47 bits per heavy atom. The van der Waals surface area contributed by atoms with Gasteiger partial charge in [0, 0.05) is 11.6 Å². The van der Waals surface area contributed by atoms with Gasteiger partial charge in [0.2, 0.25) is 0 Å². The van der Waals surface area contributed by atoms with Crippen LogP contribution in [0.4, 0.5) is 0 Å². The fourth-order valence-corrected chi connectivity index (χ4v) is 1.91. The number of hydrogen-bond acceptors (Lipinski definition) is 5. The van der Waals surface area contributed by atoms with Crippen molar-refractivity contribution in [3.63, 3.8) is 0 Å². The Kier molecular flexibility index (Phi) is 3.85. The normalized spacial score (nSPS) is 10.3. The van der Waals surface area contributed by atoms with Gasteiger partial charge in [0.15, 0.2) is 11.5 Å². The average molecular weight is 261 g/mol. The molecule has 0 unspecified atom stereocenters. The molecule has 5 heteroatoms. The van der Waals surface area contributed by atoms with Crippen LogP contribution in [0.5, 0.6) is 11.5 Å². The maximum absolute atomic E-state index is 11.4. The molecule has 19 heavy (non-hydrogen) atoms. The Morgan fingerprint density at radius 2 is 1.84 bits per heavy atom. The summed E-state index contributed by atoms with van der Waals surface area (Å²) in [5.41, 5.74) is 0.658. The van der Waals surface area contributed by atoms with E-state index in [-0.39, 0.29) is 12.4 Å². The second-order valence-corrected chi connectivity index (χ2v) is 3.94. The van der Waals surface area contributed by atoms with Crippen molar-refractivity contribution in [1.29, 1.82) is 0 Å². The number of pyridine rings is 1. The molecule has 0 aliphatic heterocycles. The van der Waals surface area contributed by atoms with E-state index in [9.17, 15) is 4.79 Å². The van der Waals surface area contributed by atoms with Gasteiger partial charge < -0.3 is 14.2 Å². The quantitative estimate of drug-likeness (QED) is 0.787. The van der Waals surface area contributed by atoms with E-state index in [0.717, 1.165) is 10.8 Å². The van der Waals surface area contributed by atoms with Crippen molar-refractivity contribution >= 4 is 16.7 Å². The number of benzene rings is 1. The Bertz CT molecular complexity index is 610. The first-order chi connectivity index (χ1) is 9.19. The zero-order valence-electron chi connectivity index (χ0n) is 11.1. The first kappa shape index (κ1) is 13.1. The molecule has 0 atom stereocenters. The lowest BCUT2D eigenvalue weighted by Crippen LogP contribution is -2.06. The molecule has 0 bridgehead atoms. The fraction of sp³-hybridized carbons (Fsp3) is 0.286. The number of aromatic nitrogens is 1. The van der Waals surface area contributed by atoms with Crippen molar-refractivity contribution in [2.45, 2.75) is 6.42 Å². The van der Waals surface area contributed by atoms with Crippen LogP contribution in [0.3, 0.4) is 0 Å².